The van der Waals surface area contributed by atoms with Crippen molar-refractivity contribution in [2.45, 2.75) is 27.2 Å². The van der Waals surface area contributed by atoms with Gasteiger partial charge in [0.2, 0.25) is 0 Å². The summed E-state index contributed by atoms with van der Waals surface area (Å²) in [5, 5.41) is 0. The smallest absolute Gasteiger partial charge is 0.334 e. The van der Waals surface area contributed by atoms with Crippen LogP contribution in [0.4, 0.5) is 0 Å². The lowest BCUT2D eigenvalue weighted by Crippen LogP contribution is -2.10. The summed E-state index contributed by atoms with van der Waals surface area (Å²) < 4.78 is 9.44. The van der Waals surface area contributed by atoms with Crippen LogP contribution in [0.1, 0.15) is 27.2 Å². The van der Waals surface area contributed by atoms with Gasteiger partial charge in [0, 0.05) is 11.6 Å². The Hall–Kier alpha value is -1.32. The van der Waals surface area contributed by atoms with E-state index in [2.05, 4.69) is 4.74 Å². The molecule has 0 atom stereocenters. The van der Waals surface area contributed by atoms with Crippen molar-refractivity contribution in [1.82, 2.24) is 0 Å². The van der Waals surface area contributed by atoms with E-state index in [1.165, 1.54) is 6.08 Å². The lowest BCUT2D eigenvalue weighted by molar-refractivity contribution is -0.141. The van der Waals surface area contributed by atoms with E-state index in [0.717, 1.165) is 0 Å². The van der Waals surface area contributed by atoms with Gasteiger partial charge in [0.25, 0.3) is 0 Å². The second-order valence-corrected chi connectivity index (χ2v) is 2.50. The predicted molar refractivity (Wildman–Crippen MR) is 51.6 cm³/mol. The molecule has 0 rings (SSSR count). The number of esters is 2. The first kappa shape index (κ1) is 12.7. The van der Waals surface area contributed by atoms with Gasteiger partial charge in [-0.05, 0) is 20.3 Å². The molecule has 4 heteroatoms. The second kappa shape index (κ2) is 7.12. The molecule has 14 heavy (non-hydrogen) atoms. The minimum Gasteiger partial charge on any atom is -0.463 e. The lowest BCUT2D eigenvalue weighted by Gasteiger charge is -2.03. The zero-order chi connectivity index (χ0) is 11.0. The molecule has 0 aliphatic carbocycles. The van der Waals surface area contributed by atoms with Gasteiger partial charge in [-0.1, -0.05) is 6.92 Å². The summed E-state index contributed by atoms with van der Waals surface area (Å²) in [5.74, 6) is -0.958. The number of ether oxygens (including phenoxy) is 2. The number of hydrogen-bond acceptors (Lipinski definition) is 4. The molecule has 0 saturated carbocycles. The summed E-state index contributed by atoms with van der Waals surface area (Å²) in [5.41, 5.74) is 0.338. The van der Waals surface area contributed by atoms with Gasteiger partial charge in [0.1, 0.15) is 0 Å². The predicted octanol–water partition coefficient (Wildman–Crippen LogP) is 1.45. The van der Waals surface area contributed by atoms with Gasteiger partial charge in [0.05, 0.1) is 13.2 Å². The average molecular weight is 200 g/mol. The minimum absolute atomic E-state index is 0.301. The van der Waals surface area contributed by atoms with Crippen LogP contribution in [0.3, 0.4) is 0 Å². The van der Waals surface area contributed by atoms with E-state index in [1.54, 1.807) is 20.8 Å². The van der Waals surface area contributed by atoms with Crippen LogP contribution in [0.2, 0.25) is 0 Å². The highest BCUT2D eigenvalue weighted by Gasteiger charge is 2.10. The number of carbonyl (C=O) groups excluding carboxylic acids is 2. The van der Waals surface area contributed by atoms with Crippen LogP contribution in [0.25, 0.3) is 0 Å². The van der Waals surface area contributed by atoms with Crippen molar-refractivity contribution in [3.05, 3.63) is 11.6 Å². The van der Waals surface area contributed by atoms with E-state index in [-0.39, 0.29) is 0 Å². The van der Waals surface area contributed by atoms with Gasteiger partial charge < -0.3 is 9.47 Å². The minimum atomic E-state index is -0.502. The molecule has 0 bridgehead atoms. The van der Waals surface area contributed by atoms with Crippen molar-refractivity contribution in [3.63, 3.8) is 0 Å². The molecule has 80 valence electrons. The van der Waals surface area contributed by atoms with Crippen LogP contribution in [-0.4, -0.2) is 25.2 Å². The largest absolute Gasteiger partial charge is 0.463 e. The Kier molecular flexibility index (Phi) is 6.45. The summed E-state index contributed by atoms with van der Waals surface area (Å²) in [6.45, 7) is 5.81. The molecule has 0 heterocycles. The SMILES string of the molecule is CCOC(=O)C=C(CC)C(=O)OCC. The van der Waals surface area contributed by atoms with E-state index in [0.29, 0.717) is 25.2 Å². The molecule has 0 N–H and O–H groups in total. The van der Waals surface area contributed by atoms with Crippen molar-refractivity contribution >= 4 is 11.9 Å². The van der Waals surface area contributed by atoms with Crippen molar-refractivity contribution < 1.29 is 19.1 Å². The van der Waals surface area contributed by atoms with E-state index in [1.807, 2.05) is 0 Å². The standard InChI is InChI=1S/C10H16O4/c1-4-8(10(12)14-6-3)7-9(11)13-5-2/h7H,4-6H2,1-3H3. The molecule has 0 aromatic carbocycles. The molecule has 0 aliphatic rings. The third kappa shape index (κ3) is 4.64. The Bertz CT molecular complexity index is 230. The molecule has 0 spiro atoms. The molecular formula is C10H16O4. The number of hydrogen-bond donors (Lipinski definition) is 0. The zero-order valence-corrected chi connectivity index (χ0v) is 8.83. The molecule has 0 aromatic heterocycles. The van der Waals surface area contributed by atoms with Gasteiger partial charge in [-0.2, -0.15) is 0 Å². The molecule has 0 radical (unpaired) electrons. The molecule has 0 saturated heterocycles. The van der Waals surface area contributed by atoms with E-state index >= 15 is 0 Å². The van der Waals surface area contributed by atoms with Gasteiger partial charge in [-0.15, -0.1) is 0 Å². The van der Waals surface area contributed by atoms with E-state index < -0.39 is 11.9 Å². The third-order valence-electron chi connectivity index (χ3n) is 1.50. The van der Waals surface area contributed by atoms with Gasteiger partial charge in [0.15, 0.2) is 0 Å². The Labute approximate surface area is 83.9 Å². The summed E-state index contributed by atoms with van der Waals surface area (Å²) in [7, 11) is 0. The fourth-order valence-electron chi connectivity index (χ4n) is 0.855. The Balaban J connectivity index is 4.38. The van der Waals surface area contributed by atoms with Crippen molar-refractivity contribution in [3.8, 4) is 0 Å². The van der Waals surface area contributed by atoms with Crippen molar-refractivity contribution in [2.24, 2.45) is 0 Å². The maximum atomic E-state index is 11.2. The van der Waals surface area contributed by atoms with Crippen molar-refractivity contribution in [2.75, 3.05) is 13.2 Å². The lowest BCUT2D eigenvalue weighted by atomic mass is 10.2. The van der Waals surface area contributed by atoms with Gasteiger partial charge in [-0.25, -0.2) is 9.59 Å². The van der Waals surface area contributed by atoms with E-state index in [4.69, 9.17) is 4.74 Å². The summed E-state index contributed by atoms with van der Waals surface area (Å²) >= 11 is 0. The molecule has 0 fully saturated rings. The first-order chi connectivity index (χ1) is 6.65. The zero-order valence-electron chi connectivity index (χ0n) is 8.83. The van der Waals surface area contributed by atoms with Gasteiger partial charge >= 0.3 is 11.9 Å². The normalized spacial score (nSPS) is 10.9. The first-order valence-electron chi connectivity index (χ1n) is 4.70. The van der Waals surface area contributed by atoms with E-state index in [9.17, 15) is 9.59 Å². The van der Waals surface area contributed by atoms with Crippen LogP contribution in [0.5, 0.6) is 0 Å². The van der Waals surface area contributed by atoms with Crippen LogP contribution in [0, 0.1) is 0 Å². The molecule has 0 aliphatic heterocycles. The molecule has 0 amide bonds. The highest BCUT2D eigenvalue weighted by atomic mass is 16.5. The summed E-state index contributed by atoms with van der Waals surface area (Å²) in [6.07, 6.45) is 1.64. The molecular weight excluding hydrogens is 184 g/mol. The highest BCUT2D eigenvalue weighted by Crippen LogP contribution is 2.04. The quantitative estimate of drug-likeness (QED) is 0.498. The average Bonchev–Trinajstić information content (AvgIpc) is 2.15. The second-order valence-electron chi connectivity index (χ2n) is 2.50. The first-order valence-corrected chi connectivity index (χ1v) is 4.70. The van der Waals surface area contributed by atoms with Crippen molar-refractivity contribution in [1.29, 1.82) is 0 Å². The fraction of sp³-hybridized carbons (Fsp3) is 0.600. The Morgan fingerprint density at radius 1 is 1.07 bits per heavy atom. The molecule has 0 aromatic rings. The highest BCUT2D eigenvalue weighted by molar-refractivity contribution is 5.96. The summed E-state index contributed by atoms with van der Waals surface area (Å²) in [6, 6.07) is 0. The topological polar surface area (TPSA) is 52.6 Å². The number of rotatable bonds is 5. The Morgan fingerprint density at radius 3 is 2.07 bits per heavy atom. The number of carbonyl (C=O) groups is 2. The van der Waals surface area contributed by atoms with Crippen LogP contribution < -0.4 is 0 Å². The molecule has 4 nitrogen and oxygen atoms in total. The van der Waals surface area contributed by atoms with Crippen LogP contribution in [0.15, 0.2) is 11.6 Å². The third-order valence-corrected chi connectivity index (χ3v) is 1.50. The summed E-state index contributed by atoms with van der Waals surface area (Å²) in [4.78, 5) is 22.2. The Morgan fingerprint density at radius 2 is 1.64 bits per heavy atom. The maximum Gasteiger partial charge on any atom is 0.334 e. The van der Waals surface area contributed by atoms with Crippen LogP contribution >= 0.6 is 0 Å². The van der Waals surface area contributed by atoms with Gasteiger partial charge in [-0.3, -0.25) is 0 Å². The maximum absolute atomic E-state index is 11.2. The fourth-order valence-corrected chi connectivity index (χ4v) is 0.855. The van der Waals surface area contributed by atoms with Crippen LogP contribution in [-0.2, 0) is 19.1 Å². The molecule has 0 unspecified atom stereocenters. The monoisotopic (exact) mass is 200 g/mol.